The Morgan fingerprint density at radius 2 is 1.89 bits per heavy atom. The van der Waals surface area contributed by atoms with Crippen LogP contribution in [0.2, 0.25) is 0 Å². The van der Waals surface area contributed by atoms with Gasteiger partial charge in [0.05, 0.1) is 10.5 Å². The summed E-state index contributed by atoms with van der Waals surface area (Å²) in [4.78, 5) is 25.8. The van der Waals surface area contributed by atoms with Crippen molar-refractivity contribution in [3.63, 3.8) is 0 Å². The fraction of sp³-hybridized carbons (Fsp3) is 0.294. The van der Waals surface area contributed by atoms with Crippen LogP contribution in [0.3, 0.4) is 0 Å². The zero-order valence-electron chi connectivity index (χ0n) is 15.0. The van der Waals surface area contributed by atoms with Gasteiger partial charge in [-0.1, -0.05) is 0 Å². The van der Waals surface area contributed by atoms with E-state index >= 15 is 0 Å². The highest BCUT2D eigenvalue weighted by atomic mass is 79.9. The molecule has 7 nitrogen and oxygen atoms in total. The van der Waals surface area contributed by atoms with Gasteiger partial charge in [0.2, 0.25) is 10.0 Å². The van der Waals surface area contributed by atoms with Crippen LogP contribution in [0.4, 0.5) is 0 Å². The number of sulfonamides is 1. The minimum atomic E-state index is -3.73. The minimum absolute atomic E-state index is 0.0481. The van der Waals surface area contributed by atoms with Gasteiger partial charge in [0.15, 0.2) is 6.61 Å². The number of nitrogens with zero attached hydrogens (tertiary/aromatic N) is 2. The molecule has 1 heterocycles. The van der Waals surface area contributed by atoms with Gasteiger partial charge < -0.3 is 9.64 Å². The zero-order valence-corrected chi connectivity index (χ0v) is 18.2. The second-order valence-electron chi connectivity index (χ2n) is 5.89. The molecular weight excluding hydrogens is 456 g/mol. The largest absolute Gasteiger partial charge is 0.452 e. The van der Waals surface area contributed by atoms with Crippen molar-refractivity contribution < 1.29 is 22.7 Å². The van der Waals surface area contributed by atoms with Gasteiger partial charge in [-0.15, -0.1) is 0 Å². The van der Waals surface area contributed by atoms with Crippen molar-refractivity contribution in [2.24, 2.45) is 0 Å². The van der Waals surface area contributed by atoms with Crippen LogP contribution in [0, 0.1) is 0 Å². The number of likely N-dealkylation sites (N-methyl/N-ethyl adjacent to an activating group) is 1. The van der Waals surface area contributed by atoms with Crippen LogP contribution in [-0.4, -0.2) is 57.2 Å². The van der Waals surface area contributed by atoms with E-state index in [0.29, 0.717) is 11.0 Å². The molecule has 10 heteroatoms. The van der Waals surface area contributed by atoms with Crippen molar-refractivity contribution in [1.29, 1.82) is 0 Å². The number of esters is 1. The molecule has 1 amide bonds. The number of benzene rings is 1. The fourth-order valence-electron chi connectivity index (χ4n) is 2.09. The fourth-order valence-corrected chi connectivity index (χ4v) is 4.59. The monoisotopic (exact) mass is 474 g/mol. The summed E-state index contributed by atoms with van der Waals surface area (Å²) in [7, 11) is 0.683. The summed E-state index contributed by atoms with van der Waals surface area (Å²) in [6.07, 6.45) is 0. The lowest BCUT2D eigenvalue weighted by molar-refractivity contribution is -0.133. The number of hydrogen-bond acceptors (Lipinski definition) is 6. The Balaban J connectivity index is 2.05. The SMILES string of the molecule is CN(Cc1ccsc1)C(=O)COC(=O)c1ccc(Br)c(S(=O)(=O)N(C)C)c1. The van der Waals surface area contributed by atoms with Gasteiger partial charge in [-0.2, -0.15) is 11.3 Å². The number of amides is 1. The number of carbonyl (C=O) groups is 2. The number of carbonyl (C=O) groups excluding carboxylic acids is 2. The maximum Gasteiger partial charge on any atom is 0.338 e. The smallest absolute Gasteiger partial charge is 0.338 e. The molecular formula is C17H19BrN2O5S2. The average molecular weight is 475 g/mol. The highest BCUT2D eigenvalue weighted by molar-refractivity contribution is 9.10. The first-order valence-electron chi connectivity index (χ1n) is 7.77. The third-order valence-electron chi connectivity index (χ3n) is 3.68. The van der Waals surface area contributed by atoms with Gasteiger partial charge in [0.25, 0.3) is 5.91 Å². The van der Waals surface area contributed by atoms with Gasteiger partial charge in [-0.05, 0) is 56.5 Å². The van der Waals surface area contributed by atoms with Crippen molar-refractivity contribution in [3.8, 4) is 0 Å². The maximum absolute atomic E-state index is 12.3. The zero-order chi connectivity index (χ0) is 20.2. The molecule has 0 radical (unpaired) electrons. The number of ether oxygens (including phenoxy) is 1. The van der Waals surface area contributed by atoms with Gasteiger partial charge in [0, 0.05) is 32.2 Å². The van der Waals surface area contributed by atoms with Crippen LogP contribution in [0.5, 0.6) is 0 Å². The lowest BCUT2D eigenvalue weighted by Gasteiger charge is -2.17. The second-order valence-corrected chi connectivity index (χ2v) is 9.64. The molecule has 0 N–H and O–H groups in total. The van der Waals surface area contributed by atoms with E-state index in [0.717, 1.165) is 9.87 Å². The molecule has 1 aromatic heterocycles. The van der Waals surface area contributed by atoms with E-state index < -0.39 is 22.6 Å². The first-order valence-corrected chi connectivity index (χ1v) is 10.9. The molecule has 0 fully saturated rings. The third kappa shape index (κ3) is 5.38. The van der Waals surface area contributed by atoms with Crippen LogP contribution >= 0.6 is 27.3 Å². The molecule has 1 aromatic carbocycles. The Morgan fingerprint density at radius 1 is 1.19 bits per heavy atom. The summed E-state index contributed by atoms with van der Waals surface area (Å²) in [5.41, 5.74) is 1.04. The minimum Gasteiger partial charge on any atom is -0.452 e. The van der Waals surface area contributed by atoms with Crippen molar-refractivity contribution in [3.05, 3.63) is 50.6 Å². The van der Waals surface area contributed by atoms with E-state index in [1.807, 2.05) is 16.8 Å². The predicted octanol–water partition coefficient (Wildman–Crippen LogP) is 2.58. The number of rotatable bonds is 7. The molecule has 0 aliphatic rings. The van der Waals surface area contributed by atoms with E-state index in [4.69, 9.17) is 4.74 Å². The van der Waals surface area contributed by atoms with Crippen LogP contribution in [0.1, 0.15) is 15.9 Å². The van der Waals surface area contributed by atoms with Gasteiger partial charge in [0.1, 0.15) is 0 Å². The Hall–Kier alpha value is -1.75. The number of hydrogen-bond donors (Lipinski definition) is 0. The normalized spacial score (nSPS) is 11.4. The van der Waals surface area contributed by atoms with Crippen LogP contribution in [0.15, 0.2) is 44.4 Å². The Bertz CT molecular complexity index is 927. The summed E-state index contributed by atoms with van der Waals surface area (Å²) in [6, 6.07) is 6.02. The number of thiophene rings is 1. The summed E-state index contributed by atoms with van der Waals surface area (Å²) >= 11 is 4.71. The molecule has 0 saturated heterocycles. The lowest BCUT2D eigenvalue weighted by atomic mass is 10.2. The second kappa shape index (κ2) is 8.96. The molecule has 27 heavy (non-hydrogen) atoms. The number of halogens is 1. The lowest BCUT2D eigenvalue weighted by Crippen LogP contribution is -2.30. The molecule has 0 aliphatic carbocycles. The molecule has 0 bridgehead atoms. The molecule has 2 aromatic rings. The molecule has 0 spiro atoms. The van der Waals surface area contributed by atoms with E-state index in [9.17, 15) is 18.0 Å². The average Bonchev–Trinajstić information content (AvgIpc) is 3.12. The summed E-state index contributed by atoms with van der Waals surface area (Å²) in [5.74, 6) is -1.12. The summed E-state index contributed by atoms with van der Waals surface area (Å²) in [5, 5.41) is 3.85. The van der Waals surface area contributed by atoms with E-state index in [2.05, 4.69) is 15.9 Å². The molecule has 146 valence electrons. The first kappa shape index (κ1) is 21.5. The van der Waals surface area contributed by atoms with Crippen molar-refractivity contribution >= 4 is 49.2 Å². The topological polar surface area (TPSA) is 84.0 Å². The highest BCUT2D eigenvalue weighted by Gasteiger charge is 2.23. The van der Waals surface area contributed by atoms with Crippen molar-refractivity contribution in [1.82, 2.24) is 9.21 Å². The molecule has 0 atom stereocenters. The van der Waals surface area contributed by atoms with Crippen LogP contribution < -0.4 is 0 Å². The van der Waals surface area contributed by atoms with Crippen LogP contribution in [-0.2, 0) is 26.1 Å². The van der Waals surface area contributed by atoms with Gasteiger partial charge >= 0.3 is 5.97 Å². The van der Waals surface area contributed by atoms with Crippen LogP contribution in [0.25, 0.3) is 0 Å². The summed E-state index contributed by atoms with van der Waals surface area (Å²) in [6.45, 7) is -0.00527. The first-order chi connectivity index (χ1) is 12.6. The maximum atomic E-state index is 12.3. The molecule has 0 aliphatic heterocycles. The van der Waals surface area contributed by atoms with Crippen molar-refractivity contribution in [2.75, 3.05) is 27.7 Å². The molecule has 0 unspecified atom stereocenters. The Labute approximate surface area is 170 Å². The van der Waals surface area contributed by atoms with Gasteiger partial charge in [-0.25, -0.2) is 17.5 Å². The Morgan fingerprint density at radius 3 is 2.48 bits per heavy atom. The van der Waals surface area contributed by atoms with E-state index in [1.54, 1.807) is 7.05 Å². The molecule has 0 saturated carbocycles. The standard InChI is InChI=1S/C17H19BrN2O5S2/c1-19(2)27(23,24)15-8-13(4-5-14(15)18)17(22)25-10-16(21)20(3)9-12-6-7-26-11-12/h4-8,11H,9-10H2,1-3H3. The summed E-state index contributed by atoms with van der Waals surface area (Å²) < 4.78 is 31.1. The molecule has 2 rings (SSSR count). The Kier molecular flexibility index (Phi) is 7.15. The van der Waals surface area contributed by atoms with Crippen molar-refractivity contribution in [2.45, 2.75) is 11.4 Å². The highest BCUT2D eigenvalue weighted by Crippen LogP contribution is 2.25. The van der Waals surface area contributed by atoms with E-state index in [1.165, 1.54) is 48.5 Å². The predicted molar refractivity (Wildman–Crippen MR) is 106 cm³/mol. The van der Waals surface area contributed by atoms with E-state index in [-0.39, 0.29) is 16.4 Å². The quantitative estimate of drug-likeness (QED) is 0.575. The third-order valence-corrected chi connectivity index (χ3v) is 7.22. The van der Waals surface area contributed by atoms with Gasteiger partial charge in [-0.3, -0.25) is 4.79 Å².